The molecule has 0 bridgehead atoms. The maximum absolute atomic E-state index is 5.24. The number of hydrogen-bond acceptors (Lipinski definition) is 4. The van der Waals surface area contributed by atoms with Crippen molar-refractivity contribution >= 4 is 11.7 Å². The number of benzene rings is 1. The summed E-state index contributed by atoms with van der Waals surface area (Å²) in [5.74, 6) is 1.27. The second kappa shape index (κ2) is 5.74. The molecule has 0 heterocycles. The van der Waals surface area contributed by atoms with Gasteiger partial charge in [-0.2, -0.15) is 5.10 Å². The smallest absolute Gasteiger partial charge is 0.211 e. The zero-order chi connectivity index (χ0) is 12.8. The molecule has 1 aromatic rings. The van der Waals surface area contributed by atoms with Gasteiger partial charge in [0.25, 0.3) is 0 Å². The Balaban J connectivity index is 3.13. The van der Waals surface area contributed by atoms with Gasteiger partial charge >= 0.3 is 0 Å². The van der Waals surface area contributed by atoms with Gasteiger partial charge in [-0.1, -0.05) is 0 Å². The third-order valence-electron chi connectivity index (χ3n) is 2.11. The van der Waals surface area contributed by atoms with Gasteiger partial charge in [-0.15, -0.1) is 5.10 Å². The third-order valence-corrected chi connectivity index (χ3v) is 2.11. The van der Waals surface area contributed by atoms with Crippen molar-refractivity contribution in [3.63, 3.8) is 0 Å². The highest BCUT2D eigenvalue weighted by Crippen LogP contribution is 2.25. The van der Waals surface area contributed by atoms with E-state index < -0.39 is 0 Å². The Morgan fingerprint density at radius 3 is 2.35 bits per heavy atom. The Kier molecular flexibility index (Phi) is 4.33. The lowest BCUT2D eigenvalue weighted by Crippen LogP contribution is -2.22. The average Bonchev–Trinajstić information content (AvgIpc) is 2.34. The average molecular weight is 236 g/mol. The van der Waals surface area contributed by atoms with Crippen molar-refractivity contribution in [2.24, 2.45) is 21.7 Å². The topological polar surface area (TPSA) is 95.2 Å². The summed E-state index contributed by atoms with van der Waals surface area (Å²) in [6, 6.07) is 5.41. The van der Waals surface area contributed by atoms with E-state index in [2.05, 4.69) is 10.2 Å². The highest BCUT2D eigenvalue weighted by atomic mass is 16.5. The maximum atomic E-state index is 5.24. The van der Waals surface area contributed by atoms with E-state index in [0.29, 0.717) is 17.2 Å². The van der Waals surface area contributed by atoms with E-state index in [1.807, 2.05) is 12.1 Å². The Hall–Kier alpha value is -2.24. The first kappa shape index (κ1) is 12.8. The molecule has 17 heavy (non-hydrogen) atoms. The summed E-state index contributed by atoms with van der Waals surface area (Å²) < 4.78 is 10.3. The number of guanidine groups is 1. The normalized spacial score (nSPS) is 10.9. The SMILES string of the molecule is COc1ccc(/C(C)=N\N=C(N)N)c(OC)c1. The summed E-state index contributed by atoms with van der Waals surface area (Å²) in [5.41, 5.74) is 11.9. The fraction of sp³-hybridized carbons (Fsp3) is 0.273. The summed E-state index contributed by atoms with van der Waals surface area (Å²) in [4.78, 5) is 0. The zero-order valence-electron chi connectivity index (χ0n) is 10.1. The Morgan fingerprint density at radius 1 is 1.12 bits per heavy atom. The van der Waals surface area contributed by atoms with E-state index in [0.717, 1.165) is 5.56 Å². The van der Waals surface area contributed by atoms with Crippen LogP contribution in [-0.2, 0) is 0 Å². The number of hydrogen-bond donors (Lipinski definition) is 2. The van der Waals surface area contributed by atoms with Crippen molar-refractivity contribution in [1.82, 2.24) is 0 Å². The van der Waals surface area contributed by atoms with Gasteiger partial charge in [0.05, 0.1) is 19.9 Å². The van der Waals surface area contributed by atoms with Gasteiger partial charge in [0.2, 0.25) is 5.96 Å². The van der Waals surface area contributed by atoms with E-state index in [4.69, 9.17) is 20.9 Å². The highest BCUT2D eigenvalue weighted by molar-refractivity contribution is 6.01. The predicted molar refractivity (Wildman–Crippen MR) is 67.6 cm³/mol. The molecule has 0 saturated heterocycles. The van der Waals surface area contributed by atoms with Crippen LogP contribution in [0.2, 0.25) is 0 Å². The number of nitrogens with zero attached hydrogens (tertiary/aromatic N) is 2. The van der Waals surface area contributed by atoms with E-state index in [1.54, 1.807) is 27.2 Å². The molecule has 4 N–H and O–H groups in total. The molecule has 1 rings (SSSR count). The molecule has 0 aliphatic carbocycles. The molecule has 0 atom stereocenters. The van der Waals surface area contributed by atoms with Gasteiger partial charge in [0.15, 0.2) is 0 Å². The second-order valence-corrected chi connectivity index (χ2v) is 3.28. The van der Waals surface area contributed by atoms with Gasteiger partial charge in [0, 0.05) is 11.6 Å². The molecule has 6 nitrogen and oxygen atoms in total. The van der Waals surface area contributed by atoms with Crippen LogP contribution in [0.4, 0.5) is 0 Å². The fourth-order valence-corrected chi connectivity index (χ4v) is 1.28. The lowest BCUT2D eigenvalue weighted by molar-refractivity contribution is 0.394. The minimum Gasteiger partial charge on any atom is -0.497 e. The van der Waals surface area contributed by atoms with Crippen molar-refractivity contribution in [2.75, 3.05) is 14.2 Å². The summed E-state index contributed by atoms with van der Waals surface area (Å²) in [5, 5.41) is 7.48. The van der Waals surface area contributed by atoms with Crippen LogP contribution in [-0.4, -0.2) is 25.9 Å². The van der Waals surface area contributed by atoms with Crippen LogP contribution in [0.5, 0.6) is 11.5 Å². The van der Waals surface area contributed by atoms with Gasteiger partial charge in [-0.3, -0.25) is 0 Å². The standard InChI is InChI=1S/C11H16N4O2/c1-7(14-15-11(12)13)9-5-4-8(16-2)6-10(9)17-3/h4-6H,1-3H3,(H4,12,13,15)/b14-7-. The summed E-state index contributed by atoms with van der Waals surface area (Å²) >= 11 is 0. The molecule has 0 aromatic heterocycles. The third kappa shape index (κ3) is 3.37. The van der Waals surface area contributed by atoms with Gasteiger partial charge in [-0.05, 0) is 19.1 Å². The van der Waals surface area contributed by atoms with Gasteiger partial charge < -0.3 is 20.9 Å². The van der Waals surface area contributed by atoms with E-state index in [9.17, 15) is 0 Å². The zero-order valence-corrected chi connectivity index (χ0v) is 10.1. The molecule has 0 amide bonds. The molecule has 0 radical (unpaired) electrons. The number of ether oxygens (including phenoxy) is 2. The van der Waals surface area contributed by atoms with Crippen molar-refractivity contribution in [3.8, 4) is 11.5 Å². The number of nitrogens with two attached hydrogens (primary N) is 2. The molecular weight excluding hydrogens is 220 g/mol. The van der Waals surface area contributed by atoms with Crippen molar-refractivity contribution < 1.29 is 9.47 Å². The first-order chi connectivity index (χ1) is 8.08. The molecule has 0 unspecified atom stereocenters. The second-order valence-electron chi connectivity index (χ2n) is 3.28. The first-order valence-electron chi connectivity index (χ1n) is 4.94. The number of rotatable bonds is 4. The minimum atomic E-state index is -0.0863. The lowest BCUT2D eigenvalue weighted by Gasteiger charge is -2.09. The molecule has 0 spiro atoms. The molecular formula is C11H16N4O2. The van der Waals surface area contributed by atoms with Gasteiger partial charge in [0.1, 0.15) is 11.5 Å². The van der Waals surface area contributed by atoms with Gasteiger partial charge in [-0.25, -0.2) is 0 Å². The largest absolute Gasteiger partial charge is 0.497 e. The molecule has 1 aromatic carbocycles. The van der Waals surface area contributed by atoms with E-state index in [1.165, 1.54) is 0 Å². The highest BCUT2D eigenvalue weighted by Gasteiger charge is 2.07. The van der Waals surface area contributed by atoms with E-state index >= 15 is 0 Å². The Labute approximate surface area is 99.9 Å². The molecule has 0 aliphatic rings. The molecule has 0 saturated carbocycles. The minimum absolute atomic E-state index is 0.0863. The number of methoxy groups -OCH3 is 2. The first-order valence-corrected chi connectivity index (χ1v) is 4.94. The summed E-state index contributed by atoms with van der Waals surface area (Å²) in [6.07, 6.45) is 0. The Bertz CT molecular complexity index is 451. The summed E-state index contributed by atoms with van der Waals surface area (Å²) in [7, 11) is 3.17. The lowest BCUT2D eigenvalue weighted by atomic mass is 10.1. The molecule has 0 fully saturated rings. The van der Waals surface area contributed by atoms with Crippen molar-refractivity contribution in [2.45, 2.75) is 6.92 Å². The maximum Gasteiger partial charge on any atom is 0.211 e. The quantitative estimate of drug-likeness (QED) is 0.457. The van der Waals surface area contributed by atoms with Crippen molar-refractivity contribution in [3.05, 3.63) is 23.8 Å². The van der Waals surface area contributed by atoms with Crippen LogP contribution in [0.15, 0.2) is 28.4 Å². The van der Waals surface area contributed by atoms with Crippen molar-refractivity contribution in [1.29, 1.82) is 0 Å². The fourth-order valence-electron chi connectivity index (χ4n) is 1.28. The van der Waals surface area contributed by atoms with E-state index in [-0.39, 0.29) is 5.96 Å². The van der Waals surface area contributed by atoms with Crippen LogP contribution >= 0.6 is 0 Å². The Morgan fingerprint density at radius 2 is 1.82 bits per heavy atom. The monoisotopic (exact) mass is 236 g/mol. The van der Waals surface area contributed by atoms with Crippen LogP contribution in [0, 0.1) is 0 Å². The van der Waals surface area contributed by atoms with Crippen LogP contribution in [0.25, 0.3) is 0 Å². The molecule has 6 heteroatoms. The predicted octanol–water partition coefficient (Wildman–Crippen LogP) is 0.701. The summed E-state index contributed by atoms with van der Waals surface area (Å²) in [6.45, 7) is 1.79. The molecule has 92 valence electrons. The molecule has 0 aliphatic heterocycles. The van der Waals surface area contributed by atoms with Crippen LogP contribution in [0.1, 0.15) is 12.5 Å². The van der Waals surface area contributed by atoms with Crippen LogP contribution < -0.4 is 20.9 Å². The van der Waals surface area contributed by atoms with Crippen LogP contribution in [0.3, 0.4) is 0 Å².